The van der Waals surface area contributed by atoms with E-state index >= 15 is 0 Å². The quantitative estimate of drug-likeness (QED) is 0.643. The molecule has 2 rings (SSSR count). The summed E-state index contributed by atoms with van der Waals surface area (Å²) in [6.45, 7) is 1.85. The third-order valence-electron chi connectivity index (χ3n) is 2.09. The minimum atomic E-state index is 0.546. The number of hydrogen-bond donors (Lipinski definition) is 0. The molecule has 0 amide bonds. The second-order valence-corrected chi connectivity index (χ2v) is 5.06. The third kappa shape index (κ3) is 1.84. The third-order valence-corrected chi connectivity index (χ3v) is 4.28. The Morgan fingerprint density at radius 2 is 1.73 bits per heavy atom. The predicted molar refractivity (Wildman–Crippen MR) is 69.2 cm³/mol. The van der Waals surface area contributed by atoms with Gasteiger partial charge in [0.05, 0.1) is 30.8 Å². The van der Waals surface area contributed by atoms with Crippen molar-refractivity contribution in [1.82, 2.24) is 4.98 Å². The molecule has 0 N–H and O–H groups in total. The molecule has 5 heteroatoms. The number of rotatable bonds is 0. The van der Waals surface area contributed by atoms with Crippen molar-refractivity contribution in [2.75, 3.05) is 0 Å². The van der Waals surface area contributed by atoms with Gasteiger partial charge in [0.25, 0.3) is 0 Å². The van der Waals surface area contributed by atoms with Crippen LogP contribution in [0.4, 0.5) is 0 Å². The molecule has 0 saturated heterocycles. The minimum absolute atomic E-state index is 0.546. The van der Waals surface area contributed by atoms with Gasteiger partial charge >= 0.3 is 0 Å². The lowest BCUT2D eigenvalue weighted by atomic mass is 10.2. The zero-order valence-electron chi connectivity index (χ0n) is 7.61. The summed E-state index contributed by atoms with van der Waals surface area (Å²) in [5.74, 6) is 0. The van der Waals surface area contributed by atoms with E-state index in [-0.39, 0.29) is 0 Å². The number of hydrogen-bond acceptors (Lipinski definition) is 1. The van der Waals surface area contributed by atoms with E-state index in [0.29, 0.717) is 26.0 Å². The zero-order chi connectivity index (χ0) is 11.2. The molecule has 2 aromatic rings. The van der Waals surface area contributed by atoms with E-state index in [0.717, 1.165) is 10.2 Å². The van der Waals surface area contributed by atoms with Crippen LogP contribution in [-0.2, 0) is 0 Å². The predicted octanol–water partition coefficient (Wildman–Crippen LogP) is 5.27. The van der Waals surface area contributed by atoms with Crippen LogP contribution in [0.15, 0.2) is 16.6 Å². The standard InChI is InChI=1S/C10H5BrCl3N/c1-4-8(11)9(14)7-5(12)2-3-6(13)10(7)15-4/h2-3H,1H3. The summed E-state index contributed by atoms with van der Waals surface area (Å²) < 4.78 is 0.751. The molecule has 1 nitrogen and oxygen atoms in total. The van der Waals surface area contributed by atoms with Crippen LogP contribution in [0.2, 0.25) is 15.1 Å². The molecule has 78 valence electrons. The number of benzene rings is 1. The minimum Gasteiger partial charge on any atom is -0.250 e. The van der Waals surface area contributed by atoms with Crippen molar-refractivity contribution < 1.29 is 0 Å². The summed E-state index contributed by atoms with van der Waals surface area (Å²) in [6, 6.07) is 3.42. The Balaban J connectivity index is 3.04. The van der Waals surface area contributed by atoms with Gasteiger partial charge in [-0.1, -0.05) is 34.8 Å². The average Bonchev–Trinajstić information content (AvgIpc) is 2.20. The van der Waals surface area contributed by atoms with Crippen molar-refractivity contribution >= 4 is 61.6 Å². The van der Waals surface area contributed by atoms with Gasteiger partial charge in [0.2, 0.25) is 0 Å². The van der Waals surface area contributed by atoms with E-state index in [1.54, 1.807) is 12.1 Å². The molecule has 0 aliphatic carbocycles. The molecular weight excluding hydrogens is 320 g/mol. The number of aryl methyl sites for hydroxylation is 1. The van der Waals surface area contributed by atoms with E-state index < -0.39 is 0 Å². The highest BCUT2D eigenvalue weighted by Gasteiger charge is 2.13. The first-order chi connectivity index (χ1) is 7.02. The topological polar surface area (TPSA) is 12.9 Å². The van der Waals surface area contributed by atoms with E-state index in [1.165, 1.54) is 0 Å². The van der Waals surface area contributed by atoms with Crippen molar-refractivity contribution in [1.29, 1.82) is 0 Å². The Morgan fingerprint density at radius 1 is 1.13 bits per heavy atom. The average molecular weight is 325 g/mol. The van der Waals surface area contributed by atoms with Gasteiger partial charge in [-0.2, -0.15) is 0 Å². The lowest BCUT2D eigenvalue weighted by molar-refractivity contribution is 1.23. The van der Waals surface area contributed by atoms with Gasteiger partial charge in [0.15, 0.2) is 0 Å². The summed E-state index contributed by atoms with van der Waals surface area (Å²) in [5, 5.41) is 2.33. The normalized spacial score (nSPS) is 11.0. The van der Waals surface area contributed by atoms with Crippen LogP contribution in [0.25, 0.3) is 10.9 Å². The number of halogens is 4. The maximum absolute atomic E-state index is 6.18. The molecule has 0 aliphatic rings. The van der Waals surface area contributed by atoms with Crippen LogP contribution >= 0.6 is 50.7 Å². The van der Waals surface area contributed by atoms with Crippen molar-refractivity contribution in [3.05, 3.63) is 37.4 Å². The van der Waals surface area contributed by atoms with Crippen LogP contribution in [-0.4, -0.2) is 4.98 Å². The van der Waals surface area contributed by atoms with Gasteiger partial charge < -0.3 is 0 Å². The fourth-order valence-corrected chi connectivity index (χ4v) is 2.45. The molecular formula is C10H5BrCl3N. The van der Waals surface area contributed by atoms with Crippen LogP contribution < -0.4 is 0 Å². The first-order valence-electron chi connectivity index (χ1n) is 4.11. The van der Waals surface area contributed by atoms with E-state index in [2.05, 4.69) is 20.9 Å². The second kappa shape index (κ2) is 4.10. The summed E-state index contributed by atoms with van der Waals surface area (Å²) in [5.41, 5.74) is 1.42. The van der Waals surface area contributed by atoms with Gasteiger partial charge in [-0.05, 0) is 35.0 Å². The van der Waals surface area contributed by atoms with E-state index in [9.17, 15) is 0 Å². The van der Waals surface area contributed by atoms with Crippen LogP contribution in [0.3, 0.4) is 0 Å². The number of aromatic nitrogens is 1. The Labute approximate surface area is 110 Å². The largest absolute Gasteiger partial charge is 0.250 e. The van der Waals surface area contributed by atoms with Crippen molar-refractivity contribution in [3.8, 4) is 0 Å². The molecule has 0 atom stereocenters. The Bertz CT molecular complexity index is 554. The maximum Gasteiger partial charge on any atom is 0.0922 e. The Kier molecular flexibility index (Phi) is 3.13. The molecule has 1 heterocycles. The van der Waals surface area contributed by atoms with Crippen molar-refractivity contribution in [3.63, 3.8) is 0 Å². The molecule has 15 heavy (non-hydrogen) atoms. The number of pyridine rings is 1. The van der Waals surface area contributed by atoms with Crippen LogP contribution in [0, 0.1) is 6.92 Å². The molecule has 0 unspecified atom stereocenters. The van der Waals surface area contributed by atoms with E-state index in [1.807, 2.05) is 6.92 Å². The molecule has 0 bridgehead atoms. The van der Waals surface area contributed by atoms with Crippen molar-refractivity contribution in [2.24, 2.45) is 0 Å². The lowest BCUT2D eigenvalue weighted by Crippen LogP contribution is -1.89. The highest BCUT2D eigenvalue weighted by molar-refractivity contribution is 9.10. The highest BCUT2D eigenvalue weighted by atomic mass is 79.9. The Hall–Kier alpha value is -0.0200. The fourth-order valence-electron chi connectivity index (χ4n) is 1.34. The molecule has 0 aliphatic heterocycles. The van der Waals surface area contributed by atoms with Gasteiger partial charge in [-0.25, -0.2) is 0 Å². The van der Waals surface area contributed by atoms with Gasteiger partial charge in [-0.15, -0.1) is 0 Å². The first kappa shape index (κ1) is 11.5. The van der Waals surface area contributed by atoms with Gasteiger partial charge in [0, 0.05) is 5.39 Å². The van der Waals surface area contributed by atoms with Crippen molar-refractivity contribution in [2.45, 2.75) is 6.92 Å². The number of fused-ring (bicyclic) bond motifs is 1. The van der Waals surface area contributed by atoms with Crippen LogP contribution in [0.1, 0.15) is 5.69 Å². The second-order valence-electron chi connectivity index (χ2n) is 3.08. The van der Waals surface area contributed by atoms with Crippen LogP contribution in [0.5, 0.6) is 0 Å². The maximum atomic E-state index is 6.18. The molecule has 0 fully saturated rings. The van der Waals surface area contributed by atoms with E-state index in [4.69, 9.17) is 34.8 Å². The van der Waals surface area contributed by atoms with Gasteiger partial charge in [0.1, 0.15) is 0 Å². The molecule has 1 aromatic heterocycles. The summed E-state index contributed by atoms with van der Waals surface area (Å²) in [4.78, 5) is 4.35. The summed E-state index contributed by atoms with van der Waals surface area (Å²) >= 11 is 21.6. The summed E-state index contributed by atoms with van der Waals surface area (Å²) in [7, 11) is 0. The Morgan fingerprint density at radius 3 is 2.40 bits per heavy atom. The molecule has 1 aromatic carbocycles. The summed E-state index contributed by atoms with van der Waals surface area (Å²) in [6.07, 6.45) is 0. The molecule has 0 spiro atoms. The SMILES string of the molecule is Cc1nc2c(Cl)ccc(Cl)c2c(Cl)c1Br. The number of nitrogens with zero attached hydrogens (tertiary/aromatic N) is 1. The lowest BCUT2D eigenvalue weighted by Gasteiger charge is -2.08. The molecule has 0 radical (unpaired) electrons. The fraction of sp³-hybridized carbons (Fsp3) is 0.100. The highest BCUT2D eigenvalue weighted by Crippen LogP contribution is 2.38. The molecule has 0 saturated carbocycles. The zero-order valence-corrected chi connectivity index (χ0v) is 11.5. The monoisotopic (exact) mass is 323 g/mol. The first-order valence-corrected chi connectivity index (χ1v) is 6.04. The van der Waals surface area contributed by atoms with Gasteiger partial charge in [-0.3, -0.25) is 4.98 Å². The smallest absolute Gasteiger partial charge is 0.0922 e.